The van der Waals surface area contributed by atoms with Crippen molar-refractivity contribution in [2.75, 3.05) is 45.3 Å². The van der Waals surface area contributed by atoms with Crippen LogP contribution in [-0.2, 0) is 6.54 Å². The van der Waals surface area contributed by atoms with Crippen LogP contribution in [0, 0.1) is 5.82 Å². The van der Waals surface area contributed by atoms with E-state index in [0.717, 1.165) is 54.4 Å². The van der Waals surface area contributed by atoms with E-state index in [4.69, 9.17) is 9.47 Å². The Hall–Kier alpha value is -1.79. The van der Waals surface area contributed by atoms with E-state index in [2.05, 4.69) is 25.7 Å². The van der Waals surface area contributed by atoms with Gasteiger partial charge in [0.1, 0.15) is 5.82 Å². The highest BCUT2D eigenvalue weighted by atomic mass is 79.9. The second-order valence-electron chi connectivity index (χ2n) is 6.04. The zero-order valence-electron chi connectivity index (χ0n) is 14.5. The number of piperazine rings is 1. The third-order valence-corrected chi connectivity index (χ3v) is 5.25. The molecule has 2 aromatic rings. The molecule has 0 atom stereocenters. The van der Waals surface area contributed by atoms with Crippen LogP contribution >= 0.6 is 15.9 Å². The van der Waals surface area contributed by atoms with Crippen molar-refractivity contribution < 1.29 is 13.9 Å². The summed E-state index contributed by atoms with van der Waals surface area (Å²) in [6.45, 7) is 4.61. The van der Waals surface area contributed by atoms with Crippen molar-refractivity contribution in [2.24, 2.45) is 0 Å². The highest BCUT2D eigenvalue weighted by Gasteiger charge is 2.19. The fourth-order valence-electron chi connectivity index (χ4n) is 3.07. The van der Waals surface area contributed by atoms with E-state index < -0.39 is 0 Å². The number of benzene rings is 2. The first-order valence-corrected chi connectivity index (χ1v) is 9.03. The van der Waals surface area contributed by atoms with E-state index in [9.17, 15) is 4.39 Å². The molecule has 0 aliphatic carbocycles. The van der Waals surface area contributed by atoms with Crippen molar-refractivity contribution in [1.82, 2.24) is 4.90 Å². The summed E-state index contributed by atoms with van der Waals surface area (Å²) in [6.07, 6.45) is 0. The highest BCUT2D eigenvalue weighted by molar-refractivity contribution is 9.10. The zero-order chi connectivity index (χ0) is 17.8. The van der Waals surface area contributed by atoms with Crippen LogP contribution in [0.2, 0.25) is 0 Å². The summed E-state index contributed by atoms with van der Waals surface area (Å²) in [6, 6.07) is 10.7. The van der Waals surface area contributed by atoms with Gasteiger partial charge in [0, 0.05) is 42.9 Å². The maximum absolute atomic E-state index is 13.1. The Balaban J connectivity index is 1.63. The minimum atomic E-state index is -0.194. The van der Waals surface area contributed by atoms with Gasteiger partial charge in [-0.3, -0.25) is 4.90 Å². The molecule has 134 valence electrons. The maximum atomic E-state index is 13.1. The van der Waals surface area contributed by atoms with Crippen LogP contribution in [0.1, 0.15) is 5.56 Å². The lowest BCUT2D eigenvalue weighted by molar-refractivity contribution is 0.249. The van der Waals surface area contributed by atoms with E-state index in [1.807, 2.05) is 24.3 Å². The highest BCUT2D eigenvalue weighted by Crippen LogP contribution is 2.34. The van der Waals surface area contributed by atoms with E-state index >= 15 is 0 Å². The molecule has 0 saturated carbocycles. The normalized spacial score (nSPS) is 15.3. The summed E-state index contributed by atoms with van der Waals surface area (Å²) in [5.41, 5.74) is 2.25. The van der Waals surface area contributed by atoms with Crippen LogP contribution in [0.5, 0.6) is 11.5 Å². The van der Waals surface area contributed by atoms with Crippen LogP contribution in [0.4, 0.5) is 10.1 Å². The van der Waals surface area contributed by atoms with Crippen LogP contribution in [0.3, 0.4) is 0 Å². The van der Waals surface area contributed by atoms with Gasteiger partial charge in [-0.1, -0.05) is 15.9 Å². The van der Waals surface area contributed by atoms with E-state index in [0.29, 0.717) is 0 Å². The summed E-state index contributed by atoms with van der Waals surface area (Å²) >= 11 is 3.63. The molecule has 0 unspecified atom stereocenters. The lowest BCUT2D eigenvalue weighted by Gasteiger charge is -2.36. The second-order valence-corrected chi connectivity index (χ2v) is 6.89. The standard InChI is InChI=1S/C19H22BrFN2O2/c1-24-18-11-14(17(20)12-19(18)25-2)13-22-7-9-23(10-8-22)16-5-3-15(21)4-6-16/h3-6,11-12H,7-10,13H2,1-2H3. The number of halogens is 2. The smallest absolute Gasteiger partial charge is 0.161 e. The monoisotopic (exact) mass is 408 g/mol. The number of ether oxygens (including phenoxy) is 2. The van der Waals surface area contributed by atoms with E-state index in [-0.39, 0.29) is 5.82 Å². The Morgan fingerprint density at radius 2 is 1.56 bits per heavy atom. The van der Waals surface area contributed by atoms with Crippen molar-refractivity contribution in [1.29, 1.82) is 0 Å². The number of anilines is 1. The van der Waals surface area contributed by atoms with Gasteiger partial charge in [-0.25, -0.2) is 4.39 Å². The van der Waals surface area contributed by atoms with Gasteiger partial charge in [-0.15, -0.1) is 0 Å². The molecule has 4 nitrogen and oxygen atoms in total. The van der Waals surface area contributed by atoms with Crippen molar-refractivity contribution in [3.8, 4) is 11.5 Å². The minimum absolute atomic E-state index is 0.194. The van der Waals surface area contributed by atoms with Gasteiger partial charge in [0.2, 0.25) is 0 Å². The second kappa shape index (κ2) is 8.06. The molecule has 2 aromatic carbocycles. The average Bonchev–Trinajstić information content (AvgIpc) is 2.64. The molecule has 1 fully saturated rings. The largest absolute Gasteiger partial charge is 0.493 e. The molecule has 0 N–H and O–H groups in total. The zero-order valence-corrected chi connectivity index (χ0v) is 16.1. The molecular formula is C19H22BrFN2O2. The van der Waals surface area contributed by atoms with Gasteiger partial charge in [0.15, 0.2) is 11.5 Å². The first kappa shape index (κ1) is 18.0. The van der Waals surface area contributed by atoms with Gasteiger partial charge >= 0.3 is 0 Å². The number of rotatable bonds is 5. The summed E-state index contributed by atoms with van der Waals surface area (Å²) in [5, 5.41) is 0. The molecular weight excluding hydrogens is 387 g/mol. The van der Waals surface area contributed by atoms with Crippen molar-refractivity contribution in [3.05, 3.63) is 52.3 Å². The molecule has 6 heteroatoms. The van der Waals surface area contributed by atoms with Crippen LogP contribution in [-0.4, -0.2) is 45.3 Å². The number of nitrogens with zero attached hydrogens (tertiary/aromatic N) is 2. The molecule has 1 aliphatic heterocycles. The van der Waals surface area contributed by atoms with Crippen molar-refractivity contribution in [2.45, 2.75) is 6.54 Å². The molecule has 0 amide bonds. The Kier molecular flexibility index (Phi) is 5.81. The summed E-state index contributed by atoms with van der Waals surface area (Å²) in [7, 11) is 3.29. The maximum Gasteiger partial charge on any atom is 0.161 e. The molecule has 25 heavy (non-hydrogen) atoms. The summed E-state index contributed by atoms with van der Waals surface area (Å²) < 4.78 is 24.8. The lowest BCUT2D eigenvalue weighted by atomic mass is 10.1. The molecule has 0 radical (unpaired) electrons. The lowest BCUT2D eigenvalue weighted by Crippen LogP contribution is -2.46. The van der Waals surface area contributed by atoms with Crippen LogP contribution in [0.15, 0.2) is 40.9 Å². The molecule has 0 bridgehead atoms. The Bertz CT molecular complexity index is 716. The van der Waals surface area contributed by atoms with Gasteiger partial charge in [-0.2, -0.15) is 0 Å². The summed E-state index contributed by atoms with van der Waals surface area (Å²) in [4.78, 5) is 4.70. The molecule has 1 heterocycles. The van der Waals surface area contributed by atoms with E-state index in [1.54, 1.807) is 14.2 Å². The number of hydrogen-bond acceptors (Lipinski definition) is 4. The number of hydrogen-bond donors (Lipinski definition) is 0. The average molecular weight is 409 g/mol. The third kappa shape index (κ3) is 4.25. The fraction of sp³-hybridized carbons (Fsp3) is 0.368. The number of methoxy groups -OCH3 is 2. The molecule has 0 spiro atoms. The quantitative estimate of drug-likeness (QED) is 0.748. The van der Waals surface area contributed by atoms with Gasteiger partial charge in [-0.05, 0) is 42.0 Å². The first-order valence-electron chi connectivity index (χ1n) is 8.24. The van der Waals surface area contributed by atoms with Crippen LogP contribution < -0.4 is 14.4 Å². The topological polar surface area (TPSA) is 24.9 Å². The predicted molar refractivity (Wildman–Crippen MR) is 101 cm³/mol. The summed E-state index contributed by atoms with van der Waals surface area (Å²) in [5.74, 6) is 1.27. The first-order chi connectivity index (χ1) is 12.1. The molecule has 1 saturated heterocycles. The minimum Gasteiger partial charge on any atom is -0.493 e. The molecule has 1 aliphatic rings. The van der Waals surface area contributed by atoms with Crippen LogP contribution in [0.25, 0.3) is 0 Å². The van der Waals surface area contributed by atoms with Gasteiger partial charge in [0.05, 0.1) is 14.2 Å². The predicted octanol–water partition coefficient (Wildman–Crippen LogP) is 3.93. The third-order valence-electron chi connectivity index (χ3n) is 4.51. The SMILES string of the molecule is COc1cc(Br)c(CN2CCN(c3ccc(F)cc3)CC2)cc1OC. The molecule has 0 aromatic heterocycles. The Morgan fingerprint density at radius 1 is 0.960 bits per heavy atom. The van der Waals surface area contributed by atoms with E-state index in [1.165, 1.54) is 17.7 Å². The van der Waals surface area contributed by atoms with Gasteiger partial charge < -0.3 is 14.4 Å². The Labute approximate surface area is 156 Å². The Morgan fingerprint density at radius 3 is 2.16 bits per heavy atom. The van der Waals surface area contributed by atoms with Crippen molar-refractivity contribution in [3.63, 3.8) is 0 Å². The molecule has 3 rings (SSSR count). The van der Waals surface area contributed by atoms with Gasteiger partial charge in [0.25, 0.3) is 0 Å². The van der Waals surface area contributed by atoms with Crippen molar-refractivity contribution >= 4 is 21.6 Å². The fourth-order valence-corrected chi connectivity index (χ4v) is 3.52.